The summed E-state index contributed by atoms with van der Waals surface area (Å²) < 4.78 is 5.64. The van der Waals surface area contributed by atoms with Gasteiger partial charge in [0.1, 0.15) is 11.4 Å². The van der Waals surface area contributed by atoms with Gasteiger partial charge in [-0.25, -0.2) is 4.98 Å². The van der Waals surface area contributed by atoms with Gasteiger partial charge in [-0.05, 0) is 31.2 Å². The van der Waals surface area contributed by atoms with E-state index in [9.17, 15) is 0 Å². The van der Waals surface area contributed by atoms with Gasteiger partial charge in [0, 0.05) is 40.0 Å². The van der Waals surface area contributed by atoms with Crippen molar-refractivity contribution in [3.05, 3.63) is 94.2 Å². The summed E-state index contributed by atoms with van der Waals surface area (Å²) in [6.45, 7) is 2.36. The molecule has 0 bridgehead atoms. The maximum atomic E-state index is 6.34. The normalized spacial score (nSPS) is 10.9. The van der Waals surface area contributed by atoms with Gasteiger partial charge in [-0.15, -0.1) is 0 Å². The fourth-order valence-corrected chi connectivity index (χ4v) is 3.75. The molecule has 2 heterocycles. The fourth-order valence-electron chi connectivity index (χ4n) is 3.23. The number of ether oxygens (including phenoxy) is 1. The molecule has 0 aliphatic rings. The number of hydrogen-bond donors (Lipinski definition) is 1. The average molecular weight is 468 g/mol. The lowest BCUT2D eigenvalue weighted by molar-refractivity contribution is 0.296. The van der Waals surface area contributed by atoms with Crippen molar-refractivity contribution in [1.82, 2.24) is 25.3 Å². The Labute approximate surface area is 197 Å². The number of aromatic nitrogens is 4. The second kappa shape index (κ2) is 11.1. The Morgan fingerprint density at radius 3 is 2.41 bits per heavy atom. The van der Waals surface area contributed by atoms with E-state index in [0.29, 0.717) is 35.6 Å². The molecule has 0 fully saturated rings. The number of nitrogens with zero attached hydrogens (tertiary/aromatic N) is 4. The zero-order valence-electron chi connectivity index (χ0n) is 17.4. The highest BCUT2D eigenvalue weighted by atomic mass is 35.5. The van der Waals surface area contributed by atoms with Crippen molar-refractivity contribution in [3.63, 3.8) is 0 Å². The van der Waals surface area contributed by atoms with Crippen LogP contribution in [0.2, 0.25) is 10.0 Å². The van der Waals surface area contributed by atoms with E-state index in [1.54, 1.807) is 11.0 Å². The van der Waals surface area contributed by atoms with Gasteiger partial charge in [-0.1, -0.05) is 65.7 Å². The van der Waals surface area contributed by atoms with Crippen molar-refractivity contribution >= 4 is 23.2 Å². The molecule has 0 saturated carbocycles. The maximum absolute atomic E-state index is 6.34. The third kappa shape index (κ3) is 5.85. The Bertz CT molecular complexity index is 1120. The van der Waals surface area contributed by atoms with Crippen LogP contribution in [0.15, 0.2) is 72.9 Å². The molecule has 0 amide bonds. The summed E-state index contributed by atoms with van der Waals surface area (Å²) in [6.07, 6.45) is 2.57. The quantitative estimate of drug-likeness (QED) is 0.322. The van der Waals surface area contributed by atoms with E-state index in [-0.39, 0.29) is 0 Å². The summed E-state index contributed by atoms with van der Waals surface area (Å²) in [4.78, 5) is 5.81. The molecule has 0 radical (unpaired) electrons. The molecule has 0 unspecified atom stereocenters. The summed E-state index contributed by atoms with van der Waals surface area (Å²) >= 11 is 12.7. The van der Waals surface area contributed by atoms with E-state index in [0.717, 1.165) is 35.5 Å². The number of rotatable bonds is 10. The molecule has 0 aliphatic heterocycles. The average Bonchev–Trinajstić information content (AvgIpc) is 3.22. The van der Waals surface area contributed by atoms with Crippen LogP contribution in [0.25, 0.3) is 11.3 Å². The summed E-state index contributed by atoms with van der Waals surface area (Å²) in [5, 5.41) is 14.1. The number of hydrogen-bond acceptors (Lipinski definition) is 5. The highest BCUT2D eigenvalue weighted by Gasteiger charge is 2.15. The van der Waals surface area contributed by atoms with Crippen LogP contribution in [0.1, 0.15) is 17.7 Å². The van der Waals surface area contributed by atoms with E-state index in [2.05, 4.69) is 10.3 Å². The first kappa shape index (κ1) is 22.3. The Balaban J connectivity index is 1.41. The highest BCUT2D eigenvalue weighted by molar-refractivity contribution is 6.35. The van der Waals surface area contributed by atoms with Crippen molar-refractivity contribution in [2.24, 2.45) is 0 Å². The molecule has 1 N–H and O–H groups in total. The molecule has 4 rings (SSSR count). The van der Waals surface area contributed by atoms with Crippen molar-refractivity contribution in [3.8, 4) is 17.1 Å². The van der Waals surface area contributed by atoms with Gasteiger partial charge in [0.15, 0.2) is 0 Å². The minimum Gasteiger partial charge on any atom is -0.478 e. The number of halogens is 2. The topological polar surface area (TPSA) is 64.9 Å². The summed E-state index contributed by atoms with van der Waals surface area (Å²) in [7, 11) is 0. The van der Waals surface area contributed by atoms with Crippen molar-refractivity contribution in [1.29, 1.82) is 0 Å². The number of pyridine rings is 1. The molecule has 0 saturated heterocycles. The molecule has 164 valence electrons. The lowest BCUT2D eigenvalue weighted by Gasteiger charge is -2.06. The van der Waals surface area contributed by atoms with Gasteiger partial charge in [-0.2, -0.15) is 15.0 Å². The Kier molecular flexibility index (Phi) is 7.72. The van der Waals surface area contributed by atoms with Crippen molar-refractivity contribution in [2.45, 2.75) is 19.5 Å². The third-order valence-electron chi connectivity index (χ3n) is 4.81. The Morgan fingerprint density at radius 1 is 0.875 bits per heavy atom. The van der Waals surface area contributed by atoms with Gasteiger partial charge in [-0.3, -0.25) is 0 Å². The summed E-state index contributed by atoms with van der Waals surface area (Å²) in [5.41, 5.74) is 3.52. The summed E-state index contributed by atoms with van der Waals surface area (Å²) in [5.74, 6) is 0.639. The summed E-state index contributed by atoms with van der Waals surface area (Å²) in [6, 6.07) is 21.1. The van der Waals surface area contributed by atoms with Crippen LogP contribution in [0, 0.1) is 0 Å². The zero-order valence-corrected chi connectivity index (χ0v) is 18.9. The predicted molar refractivity (Wildman–Crippen MR) is 127 cm³/mol. The molecular weight excluding hydrogens is 445 g/mol. The van der Waals surface area contributed by atoms with Crippen LogP contribution >= 0.6 is 23.2 Å². The number of nitrogens with one attached hydrogen (secondary N) is 1. The molecule has 32 heavy (non-hydrogen) atoms. The molecule has 4 aromatic rings. The minimum atomic E-state index is 0.399. The zero-order chi connectivity index (χ0) is 22.2. The third-order valence-corrected chi connectivity index (χ3v) is 5.52. The number of benzene rings is 2. The monoisotopic (exact) mass is 467 g/mol. The SMILES string of the molecule is Clc1cccc(Cl)c1Cn1nc(CNCCCOc2ccccn2)c(-c2ccccc2)n1. The van der Waals surface area contributed by atoms with E-state index >= 15 is 0 Å². The van der Waals surface area contributed by atoms with Gasteiger partial charge < -0.3 is 10.1 Å². The first-order chi connectivity index (χ1) is 15.7. The van der Waals surface area contributed by atoms with E-state index < -0.39 is 0 Å². The molecule has 0 aliphatic carbocycles. The van der Waals surface area contributed by atoms with Crippen LogP contribution in [0.3, 0.4) is 0 Å². The van der Waals surface area contributed by atoms with Crippen molar-refractivity contribution < 1.29 is 4.74 Å². The first-order valence-corrected chi connectivity index (χ1v) is 11.1. The minimum absolute atomic E-state index is 0.399. The molecule has 8 heteroatoms. The predicted octanol–water partition coefficient (Wildman–Crippen LogP) is 5.25. The van der Waals surface area contributed by atoms with Crippen molar-refractivity contribution in [2.75, 3.05) is 13.2 Å². The van der Waals surface area contributed by atoms with Crippen LogP contribution in [-0.4, -0.2) is 33.1 Å². The molecule has 6 nitrogen and oxygen atoms in total. The standard InChI is InChI=1S/C24H23Cl2N5O/c25-20-10-6-11-21(26)19(20)17-31-29-22(24(30-31)18-8-2-1-3-9-18)16-27-13-7-15-32-23-12-4-5-14-28-23/h1-6,8-12,14,27H,7,13,15-17H2. The second-order valence-corrected chi connectivity index (χ2v) is 7.95. The van der Waals surface area contributed by atoms with Crippen LogP contribution in [0.5, 0.6) is 5.88 Å². The molecule has 2 aromatic carbocycles. The molecule has 0 spiro atoms. The van der Waals surface area contributed by atoms with Gasteiger partial charge in [0.25, 0.3) is 0 Å². The highest BCUT2D eigenvalue weighted by Crippen LogP contribution is 2.26. The Morgan fingerprint density at radius 2 is 1.66 bits per heavy atom. The van der Waals surface area contributed by atoms with Crippen LogP contribution < -0.4 is 10.1 Å². The molecule has 0 atom stereocenters. The van der Waals surface area contributed by atoms with E-state index in [1.807, 2.05) is 66.7 Å². The largest absolute Gasteiger partial charge is 0.478 e. The lowest BCUT2D eigenvalue weighted by atomic mass is 10.1. The Hall–Kier alpha value is -2.93. The van der Waals surface area contributed by atoms with E-state index in [4.69, 9.17) is 38.1 Å². The second-order valence-electron chi connectivity index (χ2n) is 7.14. The maximum Gasteiger partial charge on any atom is 0.213 e. The van der Waals surface area contributed by atoms with Gasteiger partial charge in [0.2, 0.25) is 5.88 Å². The smallest absolute Gasteiger partial charge is 0.213 e. The first-order valence-electron chi connectivity index (χ1n) is 10.4. The fraction of sp³-hybridized carbons (Fsp3) is 0.208. The molecular formula is C24H23Cl2N5O. The van der Waals surface area contributed by atoms with Crippen LogP contribution in [-0.2, 0) is 13.1 Å². The lowest BCUT2D eigenvalue weighted by Crippen LogP contribution is -2.18. The van der Waals surface area contributed by atoms with E-state index in [1.165, 1.54) is 0 Å². The van der Waals surface area contributed by atoms with Gasteiger partial charge in [0.05, 0.1) is 13.2 Å². The van der Waals surface area contributed by atoms with Crippen LogP contribution in [0.4, 0.5) is 0 Å². The van der Waals surface area contributed by atoms with Gasteiger partial charge >= 0.3 is 0 Å². The molecule has 2 aromatic heterocycles.